The van der Waals surface area contributed by atoms with E-state index in [0.29, 0.717) is 22.3 Å². The van der Waals surface area contributed by atoms with Gasteiger partial charge in [-0.2, -0.15) is 0 Å². The van der Waals surface area contributed by atoms with Crippen molar-refractivity contribution in [3.05, 3.63) is 40.7 Å². The molecule has 0 aliphatic carbocycles. The summed E-state index contributed by atoms with van der Waals surface area (Å²) in [7, 11) is 1.50. The van der Waals surface area contributed by atoms with Crippen LogP contribution in [0.2, 0.25) is 5.02 Å². The van der Waals surface area contributed by atoms with E-state index < -0.39 is 18.6 Å². The molecule has 0 aliphatic heterocycles. The monoisotopic (exact) mass is 356 g/mol. The number of carbonyl (C=O) groups is 1. The number of aliphatic hydroxyl groups excluding tert-OH is 2. The Morgan fingerprint density at radius 3 is 2.92 bits per heavy atom. The average Bonchev–Trinajstić information content (AvgIpc) is 3.07. The van der Waals surface area contributed by atoms with Crippen molar-refractivity contribution >= 4 is 17.5 Å². The Bertz CT molecular complexity index is 690. The molecular formula is C15H17ClN2O6. The van der Waals surface area contributed by atoms with Crippen LogP contribution in [0.15, 0.2) is 28.8 Å². The molecule has 0 radical (unpaired) electrons. The van der Waals surface area contributed by atoms with E-state index in [1.54, 1.807) is 18.2 Å². The number of aromatic nitrogens is 1. The molecule has 1 amide bonds. The van der Waals surface area contributed by atoms with Crippen LogP contribution in [0.5, 0.6) is 11.5 Å². The average molecular weight is 357 g/mol. The van der Waals surface area contributed by atoms with Gasteiger partial charge in [0.05, 0.1) is 19.8 Å². The maximum absolute atomic E-state index is 11.8. The molecular weight excluding hydrogens is 340 g/mol. The smallest absolute Gasteiger partial charge is 0.273 e. The molecule has 130 valence electrons. The summed E-state index contributed by atoms with van der Waals surface area (Å²) in [5.74, 6) is 0.745. The molecule has 24 heavy (non-hydrogen) atoms. The van der Waals surface area contributed by atoms with Gasteiger partial charge in [0.2, 0.25) is 0 Å². The summed E-state index contributed by atoms with van der Waals surface area (Å²) in [6, 6.07) is 6.35. The van der Waals surface area contributed by atoms with Crippen molar-refractivity contribution < 1.29 is 29.0 Å². The lowest BCUT2D eigenvalue weighted by atomic mass is 10.3. The van der Waals surface area contributed by atoms with Crippen LogP contribution in [0.4, 0.5) is 0 Å². The number of aliphatic hydroxyl groups is 2. The number of ether oxygens (including phenoxy) is 2. The largest absolute Gasteiger partial charge is 0.493 e. The molecule has 0 saturated heterocycles. The van der Waals surface area contributed by atoms with E-state index in [1.807, 2.05) is 0 Å². The van der Waals surface area contributed by atoms with E-state index >= 15 is 0 Å². The maximum Gasteiger partial charge on any atom is 0.273 e. The second-order valence-electron chi connectivity index (χ2n) is 4.81. The number of methoxy groups -OCH3 is 1. The van der Waals surface area contributed by atoms with Gasteiger partial charge in [0.25, 0.3) is 5.91 Å². The molecule has 0 saturated carbocycles. The fourth-order valence-electron chi connectivity index (χ4n) is 1.76. The number of nitrogens with one attached hydrogen (secondary N) is 1. The maximum atomic E-state index is 11.8. The highest BCUT2D eigenvalue weighted by atomic mass is 35.5. The van der Waals surface area contributed by atoms with Gasteiger partial charge < -0.3 is 29.5 Å². The number of benzene rings is 1. The minimum absolute atomic E-state index is 0.0392. The number of rotatable bonds is 8. The molecule has 0 spiro atoms. The van der Waals surface area contributed by atoms with Crippen molar-refractivity contribution in [2.75, 3.05) is 20.3 Å². The molecule has 3 N–H and O–H groups in total. The number of hydrogen-bond acceptors (Lipinski definition) is 7. The summed E-state index contributed by atoms with van der Waals surface area (Å²) in [6.07, 6.45) is -1.03. The van der Waals surface area contributed by atoms with Gasteiger partial charge in [-0.05, 0) is 12.1 Å². The highest BCUT2D eigenvalue weighted by molar-refractivity contribution is 6.30. The summed E-state index contributed by atoms with van der Waals surface area (Å²) in [4.78, 5) is 11.8. The molecule has 1 aromatic carbocycles. The molecule has 8 nitrogen and oxygen atoms in total. The van der Waals surface area contributed by atoms with Crippen LogP contribution in [-0.4, -0.2) is 47.6 Å². The quantitative estimate of drug-likeness (QED) is 0.646. The highest BCUT2D eigenvalue weighted by Gasteiger charge is 2.14. The van der Waals surface area contributed by atoms with E-state index in [4.69, 9.17) is 30.7 Å². The van der Waals surface area contributed by atoms with E-state index in [-0.39, 0.29) is 18.8 Å². The molecule has 9 heteroatoms. The topological polar surface area (TPSA) is 114 Å². The van der Waals surface area contributed by atoms with Gasteiger partial charge in [-0.3, -0.25) is 4.79 Å². The van der Waals surface area contributed by atoms with Crippen molar-refractivity contribution in [1.29, 1.82) is 0 Å². The Balaban J connectivity index is 1.93. The number of amides is 1. The highest BCUT2D eigenvalue weighted by Crippen LogP contribution is 2.30. The minimum Gasteiger partial charge on any atom is -0.493 e. The van der Waals surface area contributed by atoms with Crippen molar-refractivity contribution in [2.24, 2.45) is 0 Å². The first-order valence-corrected chi connectivity index (χ1v) is 7.40. The normalized spacial score (nSPS) is 11.8. The summed E-state index contributed by atoms with van der Waals surface area (Å²) in [5, 5.41) is 24.4. The van der Waals surface area contributed by atoms with Crippen LogP contribution in [0.1, 0.15) is 16.2 Å². The van der Waals surface area contributed by atoms with Crippen molar-refractivity contribution in [1.82, 2.24) is 10.5 Å². The van der Waals surface area contributed by atoms with E-state index in [1.165, 1.54) is 13.2 Å². The fourth-order valence-corrected chi connectivity index (χ4v) is 1.93. The van der Waals surface area contributed by atoms with Gasteiger partial charge >= 0.3 is 0 Å². The molecule has 2 rings (SSSR count). The lowest BCUT2D eigenvalue weighted by molar-refractivity contribution is 0.0796. The zero-order valence-corrected chi connectivity index (χ0v) is 13.6. The number of halogens is 1. The summed E-state index contributed by atoms with van der Waals surface area (Å²) in [5.41, 5.74) is 0.0433. The Kier molecular flexibility index (Phi) is 6.42. The first-order valence-electron chi connectivity index (χ1n) is 7.02. The molecule has 0 aliphatic rings. The Hall–Kier alpha value is -2.29. The van der Waals surface area contributed by atoms with Gasteiger partial charge in [-0.25, -0.2) is 0 Å². The van der Waals surface area contributed by atoms with Crippen molar-refractivity contribution in [3.8, 4) is 11.5 Å². The molecule has 1 atom stereocenters. The van der Waals surface area contributed by atoms with Crippen LogP contribution >= 0.6 is 11.6 Å². The third-order valence-electron chi connectivity index (χ3n) is 3.00. The van der Waals surface area contributed by atoms with Crippen LogP contribution in [0.25, 0.3) is 0 Å². The van der Waals surface area contributed by atoms with Gasteiger partial charge in [0, 0.05) is 23.7 Å². The number of hydrogen-bond donors (Lipinski definition) is 3. The SMILES string of the molecule is COc1cc(Cl)ccc1OCc1cc(C(=O)NC[C@H](O)CO)no1. The molecule has 1 heterocycles. The number of nitrogens with zero attached hydrogens (tertiary/aromatic N) is 1. The van der Waals surface area contributed by atoms with Gasteiger partial charge in [-0.1, -0.05) is 16.8 Å². The molecule has 0 bridgehead atoms. The minimum atomic E-state index is -1.03. The lowest BCUT2D eigenvalue weighted by Crippen LogP contribution is -2.34. The van der Waals surface area contributed by atoms with E-state index in [2.05, 4.69) is 10.5 Å². The standard InChI is InChI=1S/C15H17ClN2O6/c1-22-14-4-9(16)2-3-13(14)23-8-11-5-12(18-24-11)15(21)17-6-10(20)7-19/h2-5,10,19-20H,6-8H2,1H3,(H,17,21)/t10-/m0/s1. The van der Waals surface area contributed by atoms with Crippen LogP contribution in [0.3, 0.4) is 0 Å². The molecule has 0 fully saturated rings. The first kappa shape index (κ1) is 18.1. The third-order valence-corrected chi connectivity index (χ3v) is 3.23. The lowest BCUT2D eigenvalue weighted by Gasteiger charge is -2.09. The van der Waals surface area contributed by atoms with E-state index in [9.17, 15) is 9.90 Å². The Labute approximate surface area is 142 Å². The zero-order chi connectivity index (χ0) is 17.5. The Morgan fingerprint density at radius 2 is 2.21 bits per heavy atom. The first-order chi connectivity index (χ1) is 11.5. The van der Waals surface area contributed by atoms with Crippen LogP contribution < -0.4 is 14.8 Å². The second kappa shape index (κ2) is 8.53. The molecule has 0 unspecified atom stereocenters. The third kappa shape index (κ3) is 4.85. The summed E-state index contributed by atoms with van der Waals surface area (Å²) in [6.45, 7) is -0.491. The summed E-state index contributed by atoms with van der Waals surface area (Å²) >= 11 is 5.87. The molecule has 2 aromatic rings. The predicted molar refractivity (Wildman–Crippen MR) is 84.3 cm³/mol. The fraction of sp³-hybridized carbons (Fsp3) is 0.333. The predicted octanol–water partition coefficient (Wildman–Crippen LogP) is 0.999. The van der Waals surface area contributed by atoms with Gasteiger partial charge in [-0.15, -0.1) is 0 Å². The molecule has 1 aromatic heterocycles. The zero-order valence-electron chi connectivity index (χ0n) is 12.9. The van der Waals surface area contributed by atoms with Crippen molar-refractivity contribution in [3.63, 3.8) is 0 Å². The van der Waals surface area contributed by atoms with Gasteiger partial charge in [0.1, 0.15) is 6.61 Å². The Morgan fingerprint density at radius 1 is 1.42 bits per heavy atom. The van der Waals surface area contributed by atoms with E-state index in [0.717, 1.165) is 0 Å². The van der Waals surface area contributed by atoms with Crippen LogP contribution in [0, 0.1) is 0 Å². The van der Waals surface area contributed by atoms with Crippen molar-refractivity contribution in [2.45, 2.75) is 12.7 Å². The second-order valence-corrected chi connectivity index (χ2v) is 5.25. The number of carbonyl (C=O) groups excluding carboxylic acids is 1. The summed E-state index contributed by atoms with van der Waals surface area (Å²) < 4.78 is 15.7. The van der Waals surface area contributed by atoms with Gasteiger partial charge in [0.15, 0.2) is 23.0 Å². The van der Waals surface area contributed by atoms with Crippen LogP contribution in [-0.2, 0) is 6.61 Å².